The zero-order valence-corrected chi connectivity index (χ0v) is 8.77. The van der Waals surface area contributed by atoms with Crippen LogP contribution in [0.1, 0.15) is 15.4 Å². The Labute approximate surface area is 90.1 Å². The molecule has 4 heteroatoms. The second kappa shape index (κ2) is 3.98. The van der Waals surface area contributed by atoms with E-state index in [9.17, 15) is 4.79 Å². The summed E-state index contributed by atoms with van der Waals surface area (Å²) in [6.45, 7) is 0. The number of halogens is 1. The molecular formula is C10H7ClO2S. The summed E-state index contributed by atoms with van der Waals surface area (Å²) in [5.41, 5.74) is 0. The smallest absolute Gasteiger partial charge is 0.203 e. The molecule has 0 aromatic carbocycles. The molecule has 0 spiro atoms. The van der Waals surface area contributed by atoms with Gasteiger partial charge in [0.15, 0.2) is 11.0 Å². The van der Waals surface area contributed by atoms with Gasteiger partial charge in [-0.15, -0.1) is 11.3 Å². The lowest BCUT2D eigenvalue weighted by atomic mass is 10.2. The lowest BCUT2D eigenvalue weighted by Gasteiger charge is -1.93. The summed E-state index contributed by atoms with van der Waals surface area (Å²) in [5, 5.41) is 2.19. The van der Waals surface area contributed by atoms with Crippen LogP contribution in [0.5, 0.6) is 0 Å². The van der Waals surface area contributed by atoms with E-state index >= 15 is 0 Å². The van der Waals surface area contributed by atoms with E-state index in [-0.39, 0.29) is 11.0 Å². The highest BCUT2D eigenvalue weighted by atomic mass is 35.5. The van der Waals surface area contributed by atoms with Crippen LogP contribution in [0, 0.1) is 0 Å². The molecule has 2 heterocycles. The Kier molecular flexibility index (Phi) is 2.70. The van der Waals surface area contributed by atoms with Gasteiger partial charge in [-0.1, -0.05) is 6.07 Å². The Balaban J connectivity index is 2.10. The van der Waals surface area contributed by atoms with Crippen molar-refractivity contribution in [3.05, 3.63) is 45.5 Å². The summed E-state index contributed by atoms with van der Waals surface area (Å²) in [4.78, 5) is 12.6. The van der Waals surface area contributed by atoms with Crippen LogP contribution < -0.4 is 0 Å². The molecular weight excluding hydrogens is 220 g/mol. The highest BCUT2D eigenvalue weighted by molar-refractivity contribution is 7.10. The largest absolute Gasteiger partial charge is 0.442 e. The number of rotatable bonds is 3. The third-order valence-electron chi connectivity index (χ3n) is 1.76. The van der Waals surface area contributed by atoms with Crippen molar-refractivity contribution in [2.75, 3.05) is 0 Å². The molecule has 0 unspecified atom stereocenters. The molecule has 0 saturated heterocycles. The van der Waals surface area contributed by atoms with Gasteiger partial charge in [0.05, 0.1) is 0 Å². The molecule has 0 aliphatic heterocycles. The Bertz CT molecular complexity index is 431. The standard InChI is InChI=1S/C10H7ClO2S/c11-10-4-3-9(13-10)8(12)6-7-2-1-5-14-7/h1-5H,6H2. The average Bonchev–Trinajstić information content (AvgIpc) is 2.75. The van der Waals surface area contributed by atoms with Crippen LogP contribution in [-0.2, 0) is 6.42 Å². The van der Waals surface area contributed by atoms with Crippen LogP contribution in [0.15, 0.2) is 34.1 Å². The third-order valence-corrected chi connectivity index (χ3v) is 2.84. The molecule has 0 saturated carbocycles. The Hall–Kier alpha value is -1.06. The summed E-state index contributed by atoms with van der Waals surface area (Å²) in [6.07, 6.45) is 0.376. The molecule has 0 atom stereocenters. The number of carbonyl (C=O) groups is 1. The zero-order valence-electron chi connectivity index (χ0n) is 7.20. The minimum absolute atomic E-state index is 0.0423. The highest BCUT2D eigenvalue weighted by Gasteiger charge is 2.11. The lowest BCUT2D eigenvalue weighted by molar-refractivity contribution is 0.0967. The molecule has 0 aliphatic carbocycles. The van der Waals surface area contributed by atoms with Crippen LogP contribution in [-0.4, -0.2) is 5.78 Å². The topological polar surface area (TPSA) is 30.2 Å². The molecule has 0 aliphatic rings. The Morgan fingerprint density at radius 3 is 2.86 bits per heavy atom. The molecule has 14 heavy (non-hydrogen) atoms. The maximum atomic E-state index is 11.6. The number of furan rings is 1. The van der Waals surface area contributed by atoms with Gasteiger partial charge in [-0.05, 0) is 35.2 Å². The van der Waals surface area contributed by atoms with Crippen LogP contribution in [0.2, 0.25) is 5.22 Å². The lowest BCUT2D eigenvalue weighted by Crippen LogP contribution is -1.99. The average molecular weight is 227 g/mol. The van der Waals surface area contributed by atoms with Gasteiger partial charge in [-0.2, -0.15) is 0 Å². The van der Waals surface area contributed by atoms with Gasteiger partial charge in [-0.3, -0.25) is 4.79 Å². The first-order chi connectivity index (χ1) is 6.75. The summed E-state index contributed by atoms with van der Waals surface area (Å²) >= 11 is 7.13. The second-order valence-corrected chi connectivity index (χ2v) is 4.19. The second-order valence-electron chi connectivity index (χ2n) is 2.78. The van der Waals surface area contributed by atoms with Crippen LogP contribution in [0.25, 0.3) is 0 Å². The first-order valence-corrected chi connectivity index (χ1v) is 5.32. The number of carbonyl (C=O) groups excluding carboxylic acids is 1. The number of hydrogen-bond acceptors (Lipinski definition) is 3. The third kappa shape index (κ3) is 2.05. The molecule has 0 N–H and O–H groups in total. The maximum Gasteiger partial charge on any atom is 0.203 e. The maximum absolute atomic E-state index is 11.6. The summed E-state index contributed by atoms with van der Waals surface area (Å²) in [7, 11) is 0. The van der Waals surface area contributed by atoms with Gasteiger partial charge >= 0.3 is 0 Å². The number of Topliss-reactive ketones (excluding diaryl/α,β-unsaturated/α-hetero) is 1. The van der Waals surface area contributed by atoms with Gasteiger partial charge in [0.25, 0.3) is 0 Å². The van der Waals surface area contributed by atoms with E-state index < -0.39 is 0 Å². The van der Waals surface area contributed by atoms with Crippen molar-refractivity contribution in [2.24, 2.45) is 0 Å². The minimum atomic E-state index is -0.0423. The highest BCUT2D eigenvalue weighted by Crippen LogP contribution is 2.17. The molecule has 0 bridgehead atoms. The molecule has 0 radical (unpaired) electrons. The SMILES string of the molecule is O=C(Cc1cccs1)c1ccc(Cl)o1. The van der Waals surface area contributed by atoms with Crippen molar-refractivity contribution in [3.63, 3.8) is 0 Å². The minimum Gasteiger partial charge on any atom is -0.442 e. The quantitative estimate of drug-likeness (QED) is 0.751. The van der Waals surface area contributed by atoms with Gasteiger partial charge in [-0.25, -0.2) is 0 Å². The normalized spacial score (nSPS) is 10.4. The molecule has 2 rings (SSSR count). The monoisotopic (exact) mass is 226 g/mol. The fraction of sp³-hybridized carbons (Fsp3) is 0.100. The Morgan fingerprint density at radius 2 is 2.29 bits per heavy atom. The predicted octanol–water partition coefficient (Wildman–Crippen LogP) is 3.42. The zero-order chi connectivity index (χ0) is 9.97. The van der Waals surface area contributed by atoms with E-state index in [0.717, 1.165) is 4.88 Å². The van der Waals surface area contributed by atoms with Gasteiger partial charge in [0.1, 0.15) is 0 Å². The van der Waals surface area contributed by atoms with Gasteiger partial charge in [0.2, 0.25) is 5.78 Å². The van der Waals surface area contributed by atoms with Crippen molar-refractivity contribution < 1.29 is 9.21 Å². The molecule has 0 fully saturated rings. The molecule has 2 nitrogen and oxygen atoms in total. The summed E-state index contributed by atoms with van der Waals surface area (Å²) in [6, 6.07) is 7.01. The van der Waals surface area contributed by atoms with E-state index in [0.29, 0.717) is 12.2 Å². The van der Waals surface area contributed by atoms with E-state index in [1.54, 1.807) is 23.5 Å². The van der Waals surface area contributed by atoms with Crippen LogP contribution in [0.4, 0.5) is 0 Å². The fourth-order valence-corrected chi connectivity index (χ4v) is 1.97. The van der Waals surface area contributed by atoms with Gasteiger partial charge in [0, 0.05) is 11.3 Å². The number of ketones is 1. The van der Waals surface area contributed by atoms with Crippen molar-refractivity contribution in [1.82, 2.24) is 0 Å². The molecule has 72 valence electrons. The molecule has 2 aromatic rings. The molecule has 0 amide bonds. The number of hydrogen-bond donors (Lipinski definition) is 0. The van der Waals surface area contributed by atoms with Crippen molar-refractivity contribution >= 4 is 28.7 Å². The first kappa shape index (κ1) is 9.49. The summed E-state index contributed by atoms with van der Waals surface area (Å²) in [5.74, 6) is 0.280. The predicted molar refractivity (Wildman–Crippen MR) is 56.1 cm³/mol. The molecule has 2 aromatic heterocycles. The van der Waals surface area contributed by atoms with Crippen LogP contribution in [0.3, 0.4) is 0 Å². The van der Waals surface area contributed by atoms with E-state index in [2.05, 4.69) is 0 Å². The van der Waals surface area contributed by atoms with E-state index in [4.69, 9.17) is 16.0 Å². The van der Waals surface area contributed by atoms with E-state index in [1.807, 2.05) is 17.5 Å². The van der Waals surface area contributed by atoms with Gasteiger partial charge < -0.3 is 4.42 Å². The Morgan fingerprint density at radius 1 is 1.43 bits per heavy atom. The fourth-order valence-electron chi connectivity index (χ4n) is 1.12. The van der Waals surface area contributed by atoms with Crippen molar-refractivity contribution in [2.45, 2.75) is 6.42 Å². The summed E-state index contributed by atoms with van der Waals surface area (Å²) < 4.78 is 5.01. The van der Waals surface area contributed by atoms with Crippen LogP contribution >= 0.6 is 22.9 Å². The van der Waals surface area contributed by atoms with Crippen molar-refractivity contribution in [1.29, 1.82) is 0 Å². The first-order valence-electron chi connectivity index (χ1n) is 4.06. The van der Waals surface area contributed by atoms with Crippen molar-refractivity contribution in [3.8, 4) is 0 Å². The van der Waals surface area contributed by atoms with E-state index in [1.165, 1.54) is 0 Å². The number of thiophene rings is 1.